The van der Waals surface area contributed by atoms with E-state index in [-0.39, 0.29) is 5.83 Å². The van der Waals surface area contributed by atoms with Gasteiger partial charge in [0.1, 0.15) is 5.83 Å². The first kappa shape index (κ1) is 9.06. The van der Waals surface area contributed by atoms with Crippen LogP contribution in [0, 0.1) is 0 Å². The van der Waals surface area contributed by atoms with Crippen LogP contribution in [0.15, 0.2) is 36.2 Å². The Balaban J connectivity index is 2.24. The number of anilines is 2. The van der Waals surface area contributed by atoms with Gasteiger partial charge in [0.05, 0.1) is 17.9 Å². The Hall–Kier alpha value is -1.51. The summed E-state index contributed by atoms with van der Waals surface area (Å²) < 4.78 is 13.0. The number of nitrogens with two attached hydrogens (primary N) is 1. The molecule has 0 aromatic heterocycles. The average Bonchev–Trinajstić information content (AvgIpc) is 2.18. The van der Waals surface area contributed by atoms with E-state index in [1.807, 2.05) is 29.2 Å². The van der Waals surface area contributed by atoms with E-state index in [0.717, 1.165) is 18.7 Å². The summed E-state index contributed by atoms with van der Waals surface area (Å²) in [6.45, 7) is 1.18. The lowest BCUT2D eigenvalue weighted by Crippen LogP contribution is -2.29. The van der Waals surface area contributed by atoms with E-state index in [1.54, 1.807) is 6.08 Å². The zero-order valence-corrected chi connectivity index (χ0v) is 7.91. The molecule has 0 fully saturated rings. The number of nitrogen functional groups attached to an aromatic ring is 1. The molecule has 0 spiro atoms. The Morgan fingerprint density at radius 3 is 2.79 bits per heavy atom. The Bertz CT molecular complexity index is 360. The first-order valence-electron chi connectivity index (χ1n) is 4.71. The normalized spacial score (nSPS) is 16.6. The maximum Gasteiger partial charge on any atom is 0.115 e. The predicted molar refractivity (Wildman–Crippen MR) is 56.9 cm³/mol. The van der Waals surface area contributed by atoms with Crippen molar-refractivity contribution in [3.63, 3.8) is 0 Å². The van der Waals surface area contributed by atoms with E-state index in [4.69, 9.17) is 5.73 Å². The lowest BCUT2D eigenvalue weighted by Gasteiger charge is -2.27. The second-order valence-electron chi connectivity index (χ2n) is 3.42. The summed E-state index contributed by atoms with van der Waals surface area (Å²) in [5, 5.41) is 0. The average molecular weight is 192 g/mol. The first-order valence-corrected chi connectivity index (χ1v) is 4.71. The number of halogens is 1. The second kappa shape index (κ2) is 3.70. The van der Waals surface area contributed by atoms with E-state index in [1.165, 1.54) is 0 Å². The molecule has 14 heavy (non-hydrogen) atoms. The highest BCUT2D eigenvalue weighted by Gasteiger charge is 2.14. The van der Waals surface area contributed by atoms with Crippen LogP contribution in [-0.4, -0.2) is 13.1 Å². The molecule has 1 heterocycles. The number of benzene rings is 1. The minimum atomic E-state index is -0.0699. The number of para-hydroxylation sites is 2. The summed E-state index contributed by atoms with van der Waals surface area (Å²) in [5.74, 6) is -0.0699. The third-order valence-corrected chi connectivity index (χ3v) is 2.38. The minimum Gasteiger partial charge on any atom is -0.397 e. The highest BCUT2D eigenvalue weighted by atomic mass is 19.1. The minimum absolute atomic E-state index is 0.0699. The molecular formula is C11H13FN2. The van der Waals surface area contributed by atoms with Gasteiger partial charge < -0.3 is 10.6 Å². The van der Waals surface area contributed by atoms with Crippen molar-refractivity contribution >= 4 is 11.4 Å². The Morgan fingerprint density at radius 1 is 1.29 bits per heavy atom. The molecule has 3 heteroatoms. The van der Waals surface area contributed by atoms with Crippen molar-refractivity contribution in [2.24, 2.45) is 0 Å². The van der Waals surface area contributed by atoms with Gasteiger partial charge in [0, 0.05) is 6.54 Å². The molecule has 2 nitrogen and oxygen atoms in total. The molecule has 0 radical (unpaired) electrons. The summed E-state index contributed by atoms with van der Waals surface area (Å²) in [4.78, 5) is 1.96. The highest BCUT2D eigenvalue weighted by Crippen LogP contribution is 2.25. The van der Waals surface area contributed by atoms with Gasteiger partial charge in [0.25, 0.3) is 0 Å². The molecule has 0 bridgehead atoms. The maximum atomic E-state index is 13.0. The highest BCUT2D eigenvalue weighted by molar-refractivity contribution is 5.67. The van der Waals surface area contributed by atoms with Crippen LogP contribution >= 0.6 is 0 Å². The van der Waals surface area contributed by atoms with Gasteiger partial charge in [0.2, 0.25) is 0 Å². The van der Waals surface area contributed by atoms with Crippen molar-refractivity contribution in [3.05, 3.63) is 36.2 Å². The molecule has 0 unspecified atom stereocenters. The van der Waals surface area contributed by atoms with Crippen LogP contribution in [0.3, 0.4) is 0 Å². The predicted octanol–water partition coefficient (Wildman–Crippen LogP) is 2.33. The molecule has 0 atom stereocenters. The Morgan fingerprint density at radius 2 is 2.07 bits per heavy atom. The molecule has 2 N–H and O–H groups in total. The molecule has 0 amide bonds. The monoisotopic (exact) mass is 192 g/mol. The molecule has 0 saturated heterocycles. The van der Waals surface area contributed by atoms with Gasteiger partial charge in [0.15, 0.2) is 0 Å². The number of hydrogen-bond donors (Lipinski definition) is 1. The van der Waals surface area contributed by atoms with E-state index in [9.17, 15) is 4.39 Å². The molecule has 1 aliphatic heterocycles. The fraction of sp³-hybridized carbons (Fsp3) is 0.273. The second-order valence-corrected chi connectivity index (χ2v) is 3.42. The van der Waals surface area contributed by atoms with Crippen LogP contribution in [0.2, 0.25) is 0 Å². The van der Waals surface area contributed by atoms with Crippen molar-refractivity contribution in [2.45, 2.75) is 6.42 Å². The molecule has 0 saturated carbocycles. The van der Waals surface area contributed by atoms with E-state index >= 15 is 0 Å². The van der Waals surface area contributed by atoms with Crippen molar-refractivity contribution in [2.75, 3.05) is 23.7 Å². The summed E-state index contributed by atoms with van der Waals surface area (Å²) in [7, 11) is 0. The summed E-state index contributed by atoms with van der Waals surface area (Å²) in [5.41, 5.74) is 7.45. The van der Waals surface area contributed by atoms with Crippen LogP contribution in [0.5, 0.6) is 0 Å². The van der Waals surface area contributed by atoms with E-state index in [0.29, 0.717) is 12.2 Å². The molecule has 74 valence electrons. The molecular weight excluding hydrogens is 179 g/mol. The SMILES string of the molecule is Nc1ccccc1N1CCC=C(F)C1. The standard InChI is InChI=1S/C11H13FN2/c12-9-4-3-7-14(8-9)11-6-2-1-5-10(11)13/h1-2,4-6H,3,7-8,13H2. The summed E-state index contributed by atoms with van der Waals surface area (Å²) >= 11 is 0. The number of rotatable bonds is 1. The quantitative estimate of drug-likeness (QED) is 0.692. The van der Waals surface area contributed by atoms with Crippen LogP contribution < -0.4 is 10.6 Å². The van der Waals surface area contributed by atoms with Gasteiger partial charge in [-0.1, -0.05) is 12.1 Å². The van der Waals surface area contributed by atoms with Crippen molar-refractivity contribution in [1.82, 2.24) is 0 Å². The Kier molecular flexibility index (Phi) is 2.39. The zero-order valence-electron chi connectivity index (χ0n) is 7.91. The van der Waals surface area contributed by atoms with Gasteiger partial charge in [-0.15, -0.1) is 0 Å². The topological polar surface area (TPSA) is 29.3 Å². The van der Waals surface area contributed by atoms with Crippen LogP contribution in [-0.2, 0) is 0 Å². The van der Waals surface area contributed by atoms with Crippen LogP contribution in [0.25, 0.3) is 0 Å². The largest absolute Gasteiger partial charge is 0.397 e. The molecule has 1 aromatic carbocycles. The van der Waals surface area contributed by atoms with Crippen LogP contribution in [0.1, 0.15) is 6.42 Å². The fourth-order valence-electron chi connectivity index (χ4n) is 1.68. The van der Waals surface area contributed by atoms with Crippen molar-refractivity contribution in [1.29, 1.82) is 0 Å². The molecule has 1 aromatic rings. The van der Waals surface area contributed by atoms with E-state index in [2.05, 4.69) is 0 Å². The first-order chi connectivity index (χ1) is 6.77. The summed E-state index contributed by atoms with van der Waals surface area (Å²) in [6, 6.07) is 7.57. The maximum absolute atomic E-state index is 13.0. The van der Waals surface area contributed by atoms with Gasteiger partial charge in [-0.05, 0) is 24.6 Å². The van der Waals surface area contributed by atoms with Gasteiger partial charge in [-0.2, -0.15) is 0 Å². The zero-order chi connectivity index (χ0) is 9.97. The van der Waals surface area contributed by atoms with Gasteiger partial charge in [-0.3, -0.25) is 0 Å². The molecule has 1 aliphatic rings. The lowest BCUT2D eigenvalue weighted by atomic mass is 10.2. The van der Waals surface area contributed by atoms with Gasteiger partial charge in [-0.25, -0.2) is 4.39 Å². The van der Waals surface area contributed by atoms with E-state index < -0.39 is 0 Å². The van der Waals surface area contributed by atoms with Crippen LogP contribution in [0.4, 0.5) is 15.8 Å². The smallest absolute Gasteiger partial charge is 0.115 e. The van der Waals surface area contributed by atoms with Crippen molar-refractivity contribution in [3.8, 4) is 0 Å². The summed E-state index contributed by atoms with van der Waals surface area (Å²) in [6.07, 6.45) is 2.38. The lowest BCUT2D eigenvalue weighted by molar-refractivity contribution is 0.575. The molecule has 0 aliphatic carbocycles. The van der Waals surface area contributed by atoms with Gasteiger partial charge >= 0.3 is 0 Å². The third-order valence-electron chi connectivity index (χ3n) is 2.38. The Labute approximate surface area is 82.8 Å². The fourth-order valence-corrected chi connectivity index (χ4v) is 1.68. The molecule has 2 rings (SSSR count). The number of hydrogen-bond acceptors (Lipinski definition) is 2. The third kappa shape index (κ3) is 1.71. The number of nitrogens with zero attached hydrogens (tertiary/aromatic N) is 1. The van der Waals surface area contributed by atoms with Crippen molar-refractivity contribution < 1.29 is 4.39 Å².